The maximum absolute atomic E-state index is 14.0. The summed E-state index contributed by atoms with van der Waals surface area (Å²) < 4.78 is 44.5. The van der Waals surface area contributed by atoms with E-state index in [0.29, 0.717) is 23.0 Å². The van der Waals surface area contributed by atoms with E-state index in [2.05, 4.69) is 10.3 Å². The van der Waals surface area contributed by atoms with Crippen molar-refractivity contribution in [3.05, 3.63) is 82.7 Å². The number of benzene rings is 2. The summed E-state index contributed by atoms with van der Waals surface area (Å²) in [5.74, 6) is -2.35. The molecule has 1 aromatic heterocycles. The first kappa shape index (κ1) is 28.5. The van der Waals surface area contributed by atoms with Crippen LogP contribution in [-0.4, -0.2) is 54.8 Å². The topological polar surface area (TPSA) is 107 Å². The van der Waals surface area contributed by atoms with E-state index in [1.807, 2.05) is 0 Å². The van der Waals surface area contributed by atoms with Gasteiger partial charge in [-0.05, 0) is 44.0 Å². The smallest absolute Gasteiger partial charge is 0.274 e. The minimum atomic E-state index is -1.50. The lowest BCUT2D eigenvalue weighted by atomic mass is 9.85. The van der Waals surface area contributed by atoms with Crippen LogP contribution in [0, 0.1) is 18.6 Å². The Morgan fingerprint density at radius 1 is 1.13 bits per heavy atom. The highest BCUT2D eigenvalue weighted by Crippen LogP contribution is 2.37. The van der Waals surface area contributed by atoms with Crippen molar-refractivity contribution in [3.8, 4) is 17.2 Å². The molecule has 0 spiro atoms. The van der Waals surface area contributed by atoms with Crippen LogP contribution in [-0.2, 0) is 9.53 Å². The van der Waals surface area contributed by atoms with E-state index in [9.17, 15) is 23.5 Å². The van der Waals surface area contributed by atoms with Gasteiger partial charge in [-0.1, -0.05) is 18.2 Å². The van der Waals surface area contributed by atoms with Crippen molar-refractivity contribution in [3.63, 3.8) is 0 Å². The van der Waals surface area contributed by atoms with E-state index in [0.717, 1.165) is 0 Å². The number of halogens is 2. The van der Waals surface area contributed by atoms with Crippen LogP contribution in [0.25, 0.3) is 0 Å². The van der Waals surface area contributed by atoms with Gasteiger partial charge in [0.05, 0.1) is 26.9 Å². The molecule has 0 fully saturated rings. The number of carbonyl (C=O) groups is 2. The Hall–Kier alpha value is -4.05. The summed E-state index contributed by atoms with van der Waals surface area (Å²) >= 11 is 0. The molecule has 202 valence electrons. The minimum Gasteiger partial charge on any atom is -0.503 e. The van der Waals surface area contributed by atoms with Crippen LogP contribution in [0.15, 0.2) is 48.7 Å². The fraction of sp³-hybridized carbons (Fsp3) is 0.321. The molecule has 1 amide bonds. The molecule has 8 nitrogen and oxygen atoms in total. The van der Waals surface area contributed by atoms with Crippen molar-refractivity contribution in [1.29, 1.82) is 0 Å². The van der Waals surface area contributed by atoms with Crippen molar-refractivity contribution in [2.75, 3.05) is 20.8 Å². The lowest BCUT2D eigenvalue weighted by molar-refractivity contribution is -0.115. The van der Waals surface area contributed by atoms with Crippen LogP contribution in [0.1, 0.15) is 46.9 Å². The number of ether oxygens (including phenoxy) is 3. The number of hydrogen-bond donors (Lipinski definition) is 2. The molecule has 0 aliphatic carbocycles. The second-order valence-corrected chi connectivity index (χ2v) is 9.09. The zero-order valence-corrected chi connectivity index (χ0v) is 21.7. The largest absolute Gasteiger partial charge is 0.503 e. The van der Waals surface area contributed by atoms with Crippen molar-refractivity contribution in [1.82, 2.24) is 10.3 Å². The van der Waals surface area contributed by atoms with Crippen LogP contribution < -0.4 is 14.8 Å². The summed E-state index contributed by atoms with van der Waals surface area (Å²) in [6.07, 6.45) is 1.17. The number of aromatic hydroxyl groups is 1. The number of aromatic nitrogens is 1. The third-order valence-corrected chi connectivity index (χ3v) is 6.17. The molecule has 1 heterocycles. The molecule has 0 aliphatic heterocycles. The van der Waals surface area contributed by atoms with E-state index in [1.165, 1.54) is 51.6 Å². The summed E-state index contributed by atoms with van der Waals surface area (Å²) in [6.45, 7) is 4.57. The van der Waals surface area contributed by atoms with Gasteiger partial charge < -0.3 is 29.4 Å². The maximum Gasteiger partial charge on any atom is 0.274 e. The van der Waals surface area contributed by atoms with Gasteiger partial charge >= 0.3 is 0 Å². The Morgan fingerprint density at radius 3 is 2.47 bits per heavy atom. The molecular weight excluding hydrogens is 498 g/mol. The normalized spacial score (nSPS) is 14.2. The quantitative estimate of drug-likeness (QED) is 0.357. The fourth-order valence-electron chi connectivity index (χ4n) is 4.09. The van der Waals surface area contributed by atoms with E-state index < -0.39 is 35.0 Å². The summed E-state index contributed by atoms with van der Waals surface area (Å²) in [4.78, 5) is 28.7. The maximum atomic E-state index is 14.0. The summed E-state index contributed by atoms with van der Waals surface area (Å²) in [5.41, 5.74) is -0.130. The average molecular weight is 529 g/mol. The van der Waals surface area contributed by atoms with Crippen LogP contribution in [0.4, 0.5) is 8.78 Å². The third kappa shape index (κ3) is 6.25. The van der Waals surface area contributed by atoms with Gasteiger partial charge in [-0.2, -0.15) is 0 Å². The Labute approximate surface area is 219 Å². The number of methoxy groups -OCH3 is 2. The summed E-state index contributed by atoms with van der Waals surface area (Å²) in [6, 6.07) is 10.1. The van der Waals surface area contributed by atoms with Gasteiger partial charge in [0.1, 0.15) is 29.2 Å². The molecule has 3 atom stereocenters. The van der Waals surface area contributed by atoms with Crippen LogP contribution in [0.3, 0.4) is 0 Å². The van der Waals surface area contributed by atoms with E-state index in [1.54, 1.807) is 32.0 Å². The van der Waals surface area contributed by atoms with E-state index >= 15 is 0 Å². The molecule has 0 unspecified atom stereocenters. The summed E-state index contributed by atoms with van der Waals surface area (Å²) in [5, 5.41) is 12.8. The molecule has 0 saturated carbocycles. The number of nitrogens with zero attached hydrogens (tertiary/aromatic N) is 1. The third-order valence-electron chi connectivity index (χ3n) is 6.17. The molecular formula is C28H30F2N2O6. The highest BCUT2D eigenvalue weighted by Gasteiger charge is 2.32. The zero-order chi connectivity index (χ0) is 28.0. The monoisotopic (exact) mass is 528 g/mol. The highest BCUT2D eigenvalue weighted by atomic mass is 19.1. The number of aldehydes is 1. The lowest BCUT2D eigenvalue weighted by Gasteiger charge is -2.31. The van der Waals surface area contributed by atoms with Gasteiger partial charge in [-0.25, -0.2) is 13.8 Å². The second-order valence-electron chi connectivity index (χ2n) is 9.09. The Bertz CT molecular complexity index is 1320. The predicted octanol–water partition coefficient (Wildman–Crippen LogP) is 4.32. The predicted molar refractivity (Wildman–Crippen MR) is 136 cm³/mol. The number of nitrogens with one attached hydrogen (secondary N) is 1. The average Bonchev–Trinajstić information content (AvgIpc) is 2.90. The van der Waals surface area contributed by atoms with Crippen molar-refractivity contribution >= 4 is 12.2 Å². The number of aryl methyl sites for hydroxylation is 1. The molecule has 38 heavy (non-hydrogen) atoms. The Balaban J connectivity index is 1.89. The number of amides is 1. The van der Waals surface area contributed by atoms with Crippen molar-refractivity contribution in [2.45, 2.75) is 38.3 Å². The molecule has 0 radical (unpaired) electrons. The van der Waals surface area contributed by atoms with E-state index in [-0.39, 0.29) is 29.6 Å². The molecule has 0 bridgehead atoms. The zero-order valence-electron chi connectivity index (χ0n) is 21.7. The van der Waals surface area contributed by atoms with Crippen LogP contribution >= 0.6 is 0 Å². The number of carbonyl (C=O) groups excluding carboxylic acids is 2. The first-order valence-electron chi connectivity index (χ1n) is 11.8. The van der Waals surface area contributed by atoms with Gasteiger partial charge in [0.15, 0.2) is 17.2 Å². The molecule has 3 rings (SSSR count). The molecule has 0 aliphatic rings. The molecule has 3 aromatic rings. The standard InChI is InChI=1S/C28H30F2N2O6/c1-16-12-18(6-9-21(16)30)24(20-8-7-19(29)13-23(20)37-5)17(2)38-15-28(3,14-33)32-27(35)25-26(34)22(36-4)10-11-31-25/h6-14,17,24,34H,15H2,1-5H3,(H,32,35)/t17-,24+,28+/m0/s1. The molecule has 2 aromatic carbocycles. The van der Waals surface area contributed by atoms with Gasteiger partial charge in [-0.3, -0.25) is 4.79 Å². The Morgan fingerprint density at radius 2 is 1.84 bits per heavy atom. The SMILES string of the molecule is COc1cc(F)ccc1[C@@H](c1ccc(F)c(C)c1)[C@H](C)OC[C@@](C)(C=O)NC(=O)c1nccc(OC)c1O. The number of pyridine rings is 1. The molecule has 0 saturated heterocycles. The van der Waals surface area contributed by atoms with Crippen LogP contribution in [0.2, 0.25) is 0 Å². The first-order valence-corrected chi connectivity index (χ1v) is 11.8. The van der Waals surface area contributed by atoms with Crippen molar-refractivity contribution in [2.24, 2.45) is 0 Å². The molecule has 2 N–H and O–H groups in total. The van der Waals surface area contributed by atoms with Gasteiger partial charge in [0.2, 0.25) is 0 Å². The van der Waals surface area contributed by atoms with Crippen LogP contribution in [0.5, 0.6) is 17.2 Å². The van der Waals surface area contributed by atoms with Crippen molar-refractivity contribution < 1.29 is 37.7 Å². The Kier molecular flexibility index (Phi) is 9.00. The highest BCUT2D eigenvalue weighted by molar-refractivity contribution is 5.97. The molecule has 10 heteroatoms. The first-order chi connectivity index (χ1) is 18.0. The summed E-state index contributed by atoms with van der Waals surface area (Å²) in [7, 11) is 2.74. The van der Waals surface area contributed by atoms with Gasteiger partial charge in [-0.15, -0.1) is 0 Å². The van der Waals surface area contributed by atoms with E-state index in [4.69, 9.17) is 14.2 Å². The fourth-order valence-corrected chi connectivity index (χ4v) is 4.09. The number of hydrogen-bond acceptors (Lipinski definition) is 7. The minimum absolute atomic E-state index is 0.0495. The number of rotatable bonds is 11. The second kappa shape index (κ2) is 12.0. The van der Waals surface area contributed by atoms with Gasteiger partial charge in [0.25, 0.3) is 5.91 Å². The van der Waals surface area contributed by atoms with Gasteiger partial charge in [0, 0.05) is 29.8 Å². The lowest BCUT2D eigenvalue weighted by Crippen LogP contribution is -2.51.